The van der Waals surface area contributed by atoms with E-state index in [9.17, 15) is 4.57 Å². The SMILES string of the molecule is CCOc1nc(N)nc(N(C)C(C)CS[PH+]=O)n1. The van der Waals surface area contributed by atoms with Gasteiger partial charge in [0.05, 0.1) is 12.4 Å². The number of nitrogens with zero attached hydrogens (tertiary/aromatic N) is 4. The van der Waals surface area contributed by atoms with Gasteiger partial charge >= 0.3 is 13.7 Å². The monoisotopic (exact) mass is 290 g/mol. The van der Waals surface area contributed by atoms with Crippen LogP contribution >= 0.6 is 19.0 Å². The molecular formula is C9H17N5O2PS+. The van der Waals surface area contributed by atoms with Crippen molar-refractivity contribution in [3.8, 4) is 6.01 Å². The molecule has 9 heteroatoms. The van der Waals surface area contributed by atoms with E-state index in [-0.39, 0.29) is 25.7 Å². The molecule has 0 saturated carbocycles. The average Bonchev–Trinajstić information content (AvgIpc) is 2.34. The molecule has 0 spiro atoms. The molecule has 0 amide bonds. The summed E-state index contributed by atoms with van der Waals surface area (Å²) in [7, 11) is 1.48. The molecule has 1 heterocycles. The topological polar surface area (TPSA) is 94.2 Å². The standard InChI is InChI=1S/C9H16N5O2PS/c1-4-16-9-12-7(10)11-8(13-9)14(3)6(2)5-18-17-15/h6H,4-5H2,1-3H3,(H2,10,11,12,13)/p+1. The number of ether oxygens (including phenoxy) is 1. The number of nitrogens with two attached hydrogens (primary N) is 1. The van der Waals surface area contributed by atoms with Crippen molar-refractivity contribution in [1.29, 1.82) is 0 Å². The molecule has 0 bridgehead atoms. The summed E-state index contributed by atoms with van der Waals surface area (Å²) in [5, 5.41) is 0. The van der Waals surface area contributed by atoms with Gasteiger partial charge in [-0.05, 0) is 13.8 Å². The Morgan fingerprint density at radius 1 is 1.50 bits per heavy atom. The Bertz CT molecular complexity index is 409. The van der Waals surface area contributed by atoms with Crippen LogP contribution in [0.4, 0.5) is 11.9 Å². The Morgan fingerprint density at radius 2 is 2.22 bits per heavy atom. The predicted molar refractivity (Wildman–Crippen MR) is 74.7 cm³/mol. The van der Waals surface area contributed by atoms with Crippen LogP contribution in [-0.2, 0) is 4.57 Å². The molecule has 0 aliphatic carbocycles. The van der Waals surface area contributed by atoms with Crippen molar-refractivity contribution >= 4 is 30.9 Å². The summed E-state index contributed by atoms with van der Waals surface area (Å²) < 4.78 is 15.7. The molecule has 7 nitrogen and oxygen atoms in total. The Morgan fingerprint density at radius 3 is 2.83 bits per heavy atom. The number of rotatable bonds is 7. The molecule has 0 fully saturated rings. The molecule has 2 atom stereocenters. The van der Waals surface area contributed by atoms with Crippen molar-refractivity contribution < 1.29 is 9.30 Å². The van der Waals surface area contributed by atoms with Crippen LogP contribution in [0.2, 0.25) is 0 Å². The fourth-order valence-electron chi connectivity index (χ4n) is 1.18. The van der Waals surface area contributed by atoms with E-state index in [0.717, 1.165) is 0 Å². The van der Waals surface area contributed by atoms with Gasteiger partial charge in [-0.15, -0.1) is 0 Å². The van der Waals surface area contributed by atoms with Gasteiger partial charge in [-0.2, -0.15) is 15.0 Å². The molecule has 100 valence electrons. The van der Waals surface area contributed by atoms with Crippen molar-refractivity contribution in [2.24, 2.45) is 0 Å². The number of hydrogen-bond donors (Lipinski definition) is 1. The summed E-state index contributed by atoms with van der Waals surface area (Å²) in [6, 6.07) is 0.352. The molecule has 0 saturated heterocycles. The number of anilines is 2. The van der Waals surface area contributed by atoms with Gasteiger partial charge in [0.15, 0.2) is 0 Å². The fraction of sp³-hybridized carbons (Fsp3) is 0.667. The van der Waals surface area contributed by atoms with E-state index in [0.29, 0.717) is 18.3 Å². The van der Waals surface area contributed by atoms with Crippen LogP contribution in [0.15, 0.2) is 0 Å². The third-order valence-corrected chi connectivity index (χ3v) is 3.87. The molecule has 0 radical (unpaired) electrons. The van der Waals surface area contributed by atoms with E-state index in [2.05, 4.69) is 15.0 Å². The van der Waals surface area contributed by atoms with Crippen LogP contribution in [0.5, 0.6) is 6.01 Å². The summed E-state index contributed by atoms with van der Waals surface area (Å²) in [5.74, 6) is 1.29. The number of nitrogen functional groups attached to an aromatic ring is 1. The molecule has 1 aromatic heterocycles. The fourth-order valence-corrected chi connectivity index (χ4v) is 2.64. The van der Waals surface area contributed by atoms with Gasteiger partial charge in [-0.25, -0.2) is 0 Å². The second-order valence-electron chi connectivity index (χ2n) is 3.56. The predicted octanol–water partition coefficient (Wildman–Crippen LogP) is 1.35. The van der Waals surface area contributed by atoms with E-state index < -0.39 is 0 Å². The van der Waals surface area contributed by atoms with Crippen molar-refractivity contribution in [2.75, 3.05) is 30.0 Å². The van der Waals surface area contributed by atoms with Crippen molar-refractivity contribution in [1.82, 2.24) is 15.0 Å². The molecule has 0 aromatic carbocycles. The normalized spacial score (nSPS) is 12.4. The lowest BCUT2D eigenvalue weighted by atomic mass is 10.3. The van der Waals surface area contributed by atoms with Gasteiger partial charge in [0.1, 0.15) is 11.4 Å². The molecular weight excluding hydrogens is 273 g/mol. The first-order valence-corrected chi connectivity index (χ1v) is 8.06. The van der Waals surface area contributed by atoms with Crippen LogP contribution in [-0.4, -0.2) is 40.4 Å². The Balaban J connectivity index is 2.83. The first-order valence-electron chi connectivity index (χ1n) is 5.44. The highest BCUT2D eigenvalue weighted by atomic mass is 32.7. The zero-order chi connectivity index (χ0) is 13.5. The second-order valence-corrected chi connectivity index (χ2v) is 5.72. The summed E-state index contributed by atoms with van der Waals surface area (Å²) >= 11 is 1.35. The van der Waals surface area contributed by atoms with Gasteiger partial charge in [0.2, 0.25) is 11.9 Å². The Labute approximate surface area is 111 Å². The Hall–Kier alpha value is -1.14. The highest BCUT2D eigenvalue weighted by molar-refractivity contribution is 8.45. The van der Waals surface area contributed by atoms with E-state index in [1.54, 1.807) is 0 Å². The van der Waals surface area contributed by atoms with Crippen molar-refractivity contribution in [2.45, 2.75) is 19.9 Å². The smallest absolute Gasteiger partial charge is 0.396 e. The van der Waals surface area contributed by atoms with Gasteiger partial charge < -0.3 is 15.4 Å². The van der Waals surface area contributed by atoms with Crippen LogP contribution in [0, 0.1) is 0 Å². The highest BCUT2D eigenvalue weighted by Gasteiger charge is 2.16. The maximum absolute atomic E-state index is 10.5. The van der Waals surface area contributed by atoms with Crippen LogP contribution in [0.1, 0.15) is 13.8 Å². The summed E-state index contributed by atoms with van der Waals surface area (Å²) in [5.41, 5.74) is 5.61. The lowest BCUT2D eigenvalue weighted by Gasteiger charge is -2.23. The average molecular weight is 290 g/mol. The molecule has 2 N–H and O–H groups in total. The molecule has 1 aromatic rings. The van der Waals surface area contributed by atoms with E-state index >= 15 is 0 Å². The second kappa shape index (κ2) is 7.33. The van der Waals surface area contributed by atoms with Crippen LogP contribution in [0.3, 0.4) is 0 Å². The molecule has 2 unspecified atom stereocenters. The highest BCUT2D eigenvalue weighted by Crippen LogP contribution is 2.22. The first-order chi connectivity index (χ1) is 8.58. The van der Waals surface area contributed by atoms with E-state index in [1.165, 1.54) is 11.4 Å². The van der Waals surface area contributed by atoms with E-state index in [4.69, 9.17) is 10.5 Å². The van der Waals surface area contributed by atoms with Gasteiger partial charge in [-0.1, -0.05) is 4.57 Å². The van der Waals surface area contributed by atoms with Crippen molar-refractivity contribution in [3.05, 3.63) is 0 Å². The zero-order valence-corrected chi connectivity index (χ0v) is 12.4. The summed E-state index contributed by atoms with van der Waals surface area (Å²) in [6.07, 6.45) is 0. The molecule has 0 aliphatic heterocycles. The zero-order valence-electron chi connectivity index (χ0n) is 10.6. The Kier molecular flexibility index (Phi) is 6.07. The van der Waals surface area contributed by atoms with Gasteiger partial charge in [0, 0.05) is 13.1 Å². The minimum absolute atomic E-state index is 0.126. The molecule has 18 heavy (non-hydrogen) atoms. The van der Waals surface area contributed by atoms with Gasteiger partial charge in [0.25, 0.3) is 0 Å². The molecule has 0 aliphatic rings. The van der Waals surface area contributed by atoms with E-state index in [1.807, 2.05) is 25.8 Å². The number of aromatic nitrogens is 3. The summed E-state index contributed by atoms with van der Waals surface area (Å²) in [4.78, 5) is 14.0. The first kappa shape index (κ1) is 14.9. The van der Waals surface area contributed by atoms with Gasteiger partial charge in [-0.3, -0.25) is 0 Å². The number of hydrogen-bond acceptors (Lipinski definition) is 8. The summed E-state index contributed by atoms with van der Waals surface area (Å²) in [6.45, 7) is 4.31. The lowest BCUT2D eigenvalue weighted by Crippen LogP contribution is -2.32. The minimum Gasteiger partial charge on any atom is -0.464 e. The maximum Gasteiger partial charge on any atom is 0.396 e. The lowest BCUT2D eigenvalue weighted by molar-refractivity contribution is 0.312. The third-order valence-electron chi connectivity index (χ3n) is 2.25. The third kappa shape index (κ3) is 4.27. The van der Waals surface area contributed by atoms with Crippen LogP contribution in [0.25, 0.3) is 0 Å². The van der Waals surface area contributed by atoms with Crippen LogP contribution < -0.4 is 15.4 Å². The largest absolute Gasteiger partial charge is 0.464 e. The maximum atomic E-state index is 10.5. The molecule has 1 rings (SSSR count). The minimum atomic E-state index is -0.366. The van der Waals surface area contributed by atoms with Crippen molar-refractivity contribution in [3.63, 3.8) is 0 Å². The quantitative estimate of drug-likeness (QED) is 0.752.